The summed E-state index contributed by atoms with van der Waals surface area (Å²) in [6.45, 7) is 5.75. The van der Waals surface area contributed by atoms with Gasteiger partial charge in [0.05, 0.1) is 12.6 Å². The van der Waals surface area contributed by atoms with Gasteiger partial charge in [-0.1, -0.05) is 0 Å². The van der Waals surface area contributed by atoms with Crippen LogP contribution >= 0.6 is 7.26 Å². The topological polar surface area (TPSA) is 0 Å². The summed E-state index contributed by atoms with van der Waals surface area (Å²) in [4.78, 5) is 0. The molecule has 0 nitrogen and oxygen atoms in total. The smallest absolute Gasteiger partial charge is 0.171 e. The molecule has 0 saturated carbocycles. The molecule has 0 aliphatic rings. The Bertz CT molecular complexity index is 86.5. The molecule has 0 fully saturated rings. The van der Waals surface area contributed by atoms with Gasteiger partial charge < -0.3 is 0 Å². The minimum Gasteiger partial charge on any atom is -0.171 e. The Morgan fingerprint density at radius 1 is 1.10 bits per heavy atom. The molecule has 0 unspecified atom stereocenters. The summed E-state index contributed by atoms with van der Waals surface area (Å²) < 4.78 is 34.8. The minimum absolute atomic E-state index is 0.316. The second kappa shape index (κ2) is 3.08. The van der Waals surface area contributed by atoms with Crippen molar-refractivity contribution in [2.75, 3.05) is 26.2 Å². The van der Waals surface area contributed by atoms with Crippen molar-refractivity contribution >= 4 is 7.26 Å². The highest BCUT2D eigenvalue weighted by Crippen LogP contribution is 2.48. The molecule has 0 heterocycles. The average Bonchev–Trinajstić information content (AvgIpc) is 1.57. The summed E-state index contributed by atoms with van der Waals surface area (Å²) in [5, 5.41) is 0. The molecule has 0 aliphatic heterocycles. The largest absolute Gasteiger partial charge is 0.392 e. The average molecular weight is 173 g/mol. The van der Waals surface area contributed by atoms with Gasteiger partial charge in [0.1, 0.15) is 0 Å². The van der Waals surface area contributed by atoms with Crippen LogP contribution in [0.2, 0.25) is 0 Å². The summed E-state index contributed by atoms with van der Waals surface area (Å²) in [6, 6.07) is 0. The van der Waals surface area contributed by atoms with Crippen molar-refractivity contribution < 1.29 is 13.2 Å². The highest BCUT2D eigenvalue weighted by molar-refractivity contribution is 7.73. The quantitative estimate of drug-likeness (QED) is 0.563. The van der Waals surface area contributed by atoms with Crippen LogP contribution in [0, 0.1) is 0 Å². The predicted octanol–water partition coefficient (Wildman–Crippen LogP) is 2.85. The fourth-order valence-electron chi connectivity index (χ4n) is 0.462. The normalized spacial score (nSPS) is 13.8. The van der Waals surface area contributed by atoms with Gasteiger partial charge in [-0.2, -0.15) is 13.2 Å². The van der Waals surface area contributed by atoms with Crippen LogP contribution in [-0.4, -0.2) is 32.3 Å². The molecule has 10 heavy (non-hydrogen) atoms. The lowest BCUT2D eigenvalue weighted by atomic mass is 10.5. The summed E-state index contributed by atoms with van der Waals surface area (Å²) >= 11 is 0. The lowest BCUT2D eigenvalue weighted by molar-refractivity contribution is -0.129. The standard InChI is InChI=1S/C6H13F3P/c1-10(2,3)5-4-6(7,8)9/h4-5H2,1-3H3/q+1. The third-order valence-electron chi connectivity index (χ3n) is 1.07. The highest BCUT2D eigenvalue weighted by Gasteiger charge is 2.31. The van der Waals surface area contributed by atoms with Crippen molar-refractivity contribution in [3.8, 4) is 0 Å². The third kappa shape index (κ3) is 8.22. The van der Waals surface area contributed by atoms with Gasteiger partial charge in [-0.15, -0.1) is 0 Å². The summed E-state index contributed by atoms with van der Waals surface area (Å²) in [5.74, 6) is 0. The van der Waals surface area contributed by atoms with Crippen LogP contribution in [0.25, 0.3) is 0 Å². The summed E-state index contributed by atoms with van der Waals surface area (Å²) in [5.41, 5.74) is 0. The molecule has 0 aromatic carbocycles. The maximum atomic E-state index is 11.6. The Labute approximate surface area is 60.1 Å². The number of rotatable bonds is 2. The van der Waals surface area contributed by atoms with Gasteiger partial charge >= 0.3 is 6.18 Å². The Hall–Kier alpha value is 0.220. The lowest BCUT2D eigenvalue weighted by Crippen LogP contribution is -2.10. The fourth-order valence-corrected chi connectivity index (χ4v) is 1.39. The zero-order chi connectivity index (χ0) is 8.41. The second-order valence-corrected chi connectivity index (χ2v) is 8.41. The van der Waals surface area contributed by atoms with Crippen molar-refractivity contribution in [3.63, 3.8) is 0 Å². The van der Waals surface area contributed by atoms with Crippen LogP contribution < -0.4 is 0 Å². The highest BCUT2D eigenvalue weighted by atomic mass is 31.2. The molecule has 0 saturated heterocycles. The SMILES string of the molecule is C[P+](C)(C)CCC(F)(F)F. The summed E-state index contributed by atoms with van der Waals surface area (Å²) in [6.07, 6.45) is -4.27. The zero-order valence-corrected chi connectivity index (χ0v) is 7.39. The molecule has 0 atom stereocenters. The molecule has 0 bridgehead atoms. The Balaban J connectivity index is 3.56. The molecule has 0 aromatic rings. The molecule has 0 amide bonds. The van der Waals surface area contributed by atoms with E-state index in [1.807, 2.05) is 20.0 Å². The minimum atomic E-state index is -3.96. The van der Waals surface area contributed by atoms with E-state index >= 15 is 0 Å². The van der Waals surface area contributed by atoms with E-state index in [0.717, 1.165) is 0 Å². The maximum absolute atomic E-state index is 11.6. The van der Waals surface area contributed by atoms with Crippen molar-refractivity contribution in [1.29, 1.82) is 0 Å². The molecule has 0 radical (unpaired) electrons. The first-order valence-corrected chi connectivity index (χ1v) is 6.39. The van der Waals surface area contributed by atoms with Crippen molar-refractivity contribution in [1.82, 2.24) is 0 Å². The Kier molecular flexibility index (Phi) is 3.15. The number of hydrogen-bond acceptors (Lipinski definition) is 0. The van der Waals surface area contributed by atoms with Crippen LogP contribution in [0.1, 0.15) is 6.42 Å². The van der Waals surface area contributed by atoms with Crippen molar-refractivity contribution in [2.45, 2.75) is 12.6 Å². The predicted molar refractivity (Wildman–Crippen MR) is 40.2 cm³/mol. The molecule has 4 heteroatoms. The van der Waals surface area contributed by atoms with Crippen LogP contribution in [0.5, 0.6) is 0 Å². The van der Waals surface area contributed by atoms with Crippen LogP contribution in [-0.2, 0) is 0 Å². The third-order valence-corrected chi connectivity index (χ3v) is 2.63. The lowest BCUT2D eigenvalue weighted by Gasteiger charge is -2.12. The first kappa shape index (κ1) is 10.2. The fraction of sp³-hybridized carbons (Fsp3) is 1.00. The molecule has 0 aromatic heterocycles. The molecule has 62 valence electrons. The summed E-state index contributed by atoms with van der Waals surface area (Å²) in [7, 11) is -1.23. The van der Waals surface area contributed by atoms with E-state index in [-0.39, 0.29) is 0 Å². The van der Waals surface area contributed by atoms with E-state index in [1.54, 1.807) is 0 Å². The number of alkyl halides is 3. The van der Waals surface area contributed by atoms with Gasteiger partial charge in [-0.05, 0) is 0 Å². The van der Waals surface area contributed by atoms with Gasteiger partial charge in [0.2, 0.25) is 0 Å². The van der Waals surface area contributed by atoms with Crippen LogP contribution in [0.15, 0.2) is 0 Å². The van der Waals surface area contributed by atoms with Gasteiger partial charge in [0.15, 0.2) is 0 Å². The first-order valence-electron chi connectivity index (χ1n) is 3.08. The number of halogens is 3. The van der Waals surface area contributed by atoms with Gasteiger partial charge in [0, 0.05) is 27.3 Å². The second-order valence-electron chi connectivity index (χ2n) is 3.38. The molecule has 0 rings (SSSR count). The molecule has 0 N–H and O–H groups in total. The molecular weight excluding hydrogens is 160 g/mol. The van der Waals surface area contributed by atoms with E-state index in [0.29, 0.717) is 6.16 Å². The van der Waals surface area contributed by atoms with Crippen molar-refractivity contribution in [2.24, 2.45) is 0 Å². The van der Waals surface area contributed by atoms with E-state index in [4.69, 9.17) is 0 Å². The first-order chi connectivity index (χ1) is 4.21. The van der Waals surface area contributed by atoms with E-state index in [9.17, 15) is 13.2 Å². The van der Waals surface area contributed by atoms with Crippen LogP contribution in [0.3, 0.4) is 0 Å². The zero-order valence-electron chi connectivity index (χ0n) is 6.50. The van der Waals surface area contributed by atoms with Gasteiger partial charge in [-0.3, -0.25) is 0 Å². The number of hydrogen-bond donors (Lipinski definition) is 0. The Morgan fingerprint density at radius 3 is 1.60 bits per heavy atom. The Morgan fingerprint density at radius 2 is 1.50 bits per heavy atom. The molecule has 0 spiro atoms. The van der Waals surface area contributed by atoms with E-state index in [2.05, 4.69) is 0 Å². The van der Waals surface area contributed by atoms with Crippen molar-refractivity contribution in [3.05, 3.63) is 0 Å². The van der Waals surface area contributed by atoms with Crippen LogP contribution in [0.4, 0.5) is 13.2 Å². The van der Waals surface area contributed by atoms with Gasteiger partial charge in [-0.25, -0.2) is 0 Å². The molecular formula is C6H13F3P+. The van der Waals surface area contributed by atoms with E-state index in [1.165, 1.54) is 0 Å². The maximum Gasteiger partial charge on any atom is 0.392 e. The molecule has 0 aliphatic carbocycles. The van der Waals surface area contributed by atoms with Gasteiger partial charge in [0.25, 0.3) is 0 Å². The monoisotopic (exact) mass is 173 g/mol. The van der Waals surface area contributed by atoms with E-state index < -0.39 is 19.9 Å².